The minimum Gasteiger partial charge on any atom is -0.494 e. The molecule has 1 amide bonds. The smallest absolute Gasteiger partial charge is 0.234 e. The van der Waals surface area contributed by atoms with Crippen LogP contribution in [0.4, 0.5) is 10.1 Å². The van der Waals surface area contributed by atoms with Gasteiger partial charge in [0.1, 0.15) is 11.6 Å². The van der Waals surface area contributed by atoms with Crippen molar-refractivity contribution in [1.82, 2.24) is 19.8 Å². The number of amides is 1. The molecule has 4 rings (SSSR count). The van der Waals surface area contributed by atoms with E-state index in [4.69, 9.17) is 4.74 Å². The molecule has 0 unspecified atom stereocenters. The second-order valence-electron chi connectivity index (χ2n) is 6.73. The highest BCUT2D eigenvalue weighted by molar-refractivity contribution is 7.99. The number of benzene rings is 2. The molecule has 2 aromatic carbocycles. The van der Waals surface area contributed by atoms with E-state index in [1.807, 2.05) is 43.3 Å². The van der Waals surface area contributed by atoms with Crippen LogP contribution < -0.4 is 10.1 Å². The molecule has 0 saturated carbocycles. The van der Waals surface area contributed by atoms with Crippen molar-refractivity contribution in [3.05, 3.63) is 66.0 Å². The van der Waals surface area contributed by atoms with Crippen molar-refractivity contribution in [2.75, 3.05) is 17.7 Å². The highest BCUT2D eigenvalue weighted by Crippen LogP contribution is 2.23. The number of carbonyl (C=O) groups excluding carboxylic acids is 1. The zero-order chi connectivity index (χ0) is 21.8. The lowest BCUT2D eigenvalue weighted by atomic mass is 10.1. The number of nitrogens with one attached hydrogen (secondary N) is 1. The van der Waals surface area contributed by atoms with E-state index >= 15 is 0 Å². The second-order valence-corrected chi connectivity index (χ2v) is 7.67. The molecule has 2 heterocycles. The van der Waals surface area contributed by atoms with Gasteiger partial charge in [-0.05, 0) is 67.9 Å². The SMILES string of the molecule is CCOc1ccc(-c2ccc3nnc(SCC(=O)Nc4ccc(C)c(F)c4)n3n2)cc1. The van der Waals surface area contributed by atoms with Crippen LogP contribution in [0.15, 0.2) is 59.8 Å². The predicted molar refractivity (Wildman–Crippen MR) is 118 cm³/mol. The van der Waals surface area contributed by atoms with Gasteiger partial charge in [-0.25, -0.2) is 4.39 Å². The van der Waals surface area contributed by atoms with Crippen molar-refractivity contribution in [2.24, 2.45) is 0 Å². The highest BCUT2D eigenvalue weighted by atomic mass is 32.2. The van der Waals surface area contributed by atoms with Gasteiger partial charge >= 0.3 is 0 Å². The standard InChI is InChI=1S/C22H20FN5O2S/c1-3-30-17-8-5-15(6-9-17)19-10-11-20-25-26-22(28(20)27-19)31-13-21(29)24-16-7-4-14(2)18(23)12-16/h4-12H,3,13H2,1-2H3,(H,24,29). The lowest BCUT2D eigenvalue weighted by molar-refractivity contribution is -0.113. The first-order valence-electron chi connectivity index (χ1n) is 9.68. The molecule has 158 valence electrons. The Kier molecular flexibility index (Phi) is 6.13. The Balaban J connectivity index is 1.47. The van der Waals surface area contributed by atoms with Crippen LogP contribution >= 0.6 is 11.8 Å². The third-order valence-electron chi connectivity index (χ3n) is 4.48. The summed E-state index contributed by atoms with van der Waals surface area (Å²) in [5.41, 5.74) is 3.19. The normalized spacial score (nSPS) is 10.9. The first-order chi connectivity index (χ1) is 15.0. The van der Waals surface area contributed by atoms with E-state index in [1.165, 1.54) is 17.8 Å². The molecule has 4 aromatic rings. The van der Waals surface area contributed by atoms with Gasteiger partial charge in [0.05, 0.1) is 18.1 Å². The summed E-state index contributed by atoms with van der Waals surface area (Å²) in [4.78, 5) is 12.3. The quantitative estimate of drug-likeness (QED) is 0.433. The van der Waals surface area contributed by atoms with E-state index in [9.17, 15) is 9.18 Å². The Bertz CT molecular complexity index is 1230. The number of anilines is 1. The van der Waals surface area contributed by atoms with Crippen molar-refractivity contribution >= 4 is 29.0 Å². The summed E-state index contributed by atoms with van der Waals surface area (Å²) in [7, 11) is 0. The largest absolute Gasteiger partial charge is 0.494 e. The Morgan fingerprint density at radius 3 is 2.68 bits per heavy atom. The Hall–Kier alpha value is -3.46. The molecular formula is C22H20FN5O2S. The highest BCUT2D eigenvalue weighted by Gasteiger charge is 2.12. The van der Waals surface area contributed by atoms with Gasteiger partial charge in [0, 0.05) is 11.3 Å². The van der Waals surface area contributed by atoms with E-state index in [-0.39, 0.29) is 17.5 Å². The van der Waals surface area contributed by atoms with Crippen molar-refractivity contribution in [1.29, 1.82) is 0 Å². The average molecular weight is 438 g/mol. The number of fused-ring (bicyclic) bond motifs is 1. The number of thioether (sulfide) groups is 1. The molecule has 0 spiro atoms. The van der Waals surface area contributed by atoms with Crippen LogP contribution in [0.2, 0.25) is 0 Å². The summed E-state index contributed by atoms with van der Waals surface area (Å²) in [5, 5.41) is 16.0. The molecule has 0 aliphatic rings. The third-order valence-corrected chi connectivity index (χ3v) is 5.40. The van der Waals surface area contributed by atoms with Gasteiger partial charge in [-0.3, -0.25) is 4.79 Å². The Morgan fingerprint density at radius 2 is 1.94 bits per heavy atom. The molecule has 9 heteroatoms. The van der Waals surface area contributed by atoms with E-state index in [1.54, 1.807) is 23.6 Å². The van der Waals surface area contributed by atoms with Crippen LogP contribution in [0, 0.1) is 12.7 Å². The molecule has 0 bridgehead atoms. The summed E-state index contributed by atoms with van der Waals surface area (Å²) in [5.74, 6) is 0.255. The van der Waals surface area contributed by atoms with Gasteiger partial charge in [0.15, 0.2) is 5.65 Å². The molecule has 0 atom stereocenters. The Labute approximate surface area is 182 Å². The van der Waals surface area contributed by atoms with E-state index in [0.29, 0.717) is 28.7 Å². The van der Waals surface area contributed by atoms with Crippen molar-refractivity contribution in [3.8, 4) is 17.0 Å². The number of hydrogen-bond acceptors (Lipinski definition) is 6. The number of carbonyl (C=O) groups is 1. The van der Waals surface area contributed by atoms with Crippen LogP contribution in [0.5, 0.6) is 5.75 Å². The third kappa shape index (κ3) is 4.83. The molecular weight excluding hydrogens is 417 g/mol. The molecule has 0 radical (unpaired) electrons. The van der Waals surface area contributed by atoms with E-state index in [0.717, 1.165) is 17.0 Å². The zero-order valence-corrected chi connectivity index (χ0v) is 17.8. The predicted octanol–water partition coefficient (Wildman–Crippen LogP) is 4.37. The fourth-order valence-electron chi connectivity index (χ4n) is 2.90. The summed E-state index contributed by atoms with van der Waals surface area (Å²) < 4.78 is 20.7. The van der Waals surface area contributed by atoms with Gasteiger partial charge in [-0.15, -0.1) is 10.2 Å². The van der Waals surface area contributed by atoms with Crippen molar-refractivity contribution < 1.29 is 13.9 Å². The number of halogens is 1. The number of aromatic nitrogens is 4. The minimum absolute atomic E-state index is 0.0885. The summed E-state index contributed by atoms with van der Waals surface area (Å²) >= 11 is 1.21. The fourth-order valence-corrected chi connectivity index (χ4v) is 3.59. The summed E-state index contributed by atoms with van der Waals surface area (Å²) in [6.07, 6.45) is 0. The molecule has 0 aliphatic heterocycles. The first-order valence-corrected chi connectivity index (χ1v) is 10.7. The summed E-state index contributed by atoms with van der Waals surface area (Å²) in [6.45, 7) is 4.22. The first kappa shape index (κ1) is 20.8. The van der Waals surface area contributed by atoms with Crippen LogP contribution in [0.3, 0.4) is 0 Å². The number of hydrogen-bond donors (Lipinski definition) is 1. The second kappa shape index (κ2) is 9.13. The monoisotopic (exact) mass is 437 g/mol. The summed E-state index contributed by atoms with van der Waals surface area (Å²) in [6, 6.07) is 15.9. The van der Waals surface area contributed by atoms with Crippen LogP contribution in [0.1, 0.15) is 12.5 Å². The lowest BCUT2D eigenvalue weighted by Crippen LogP contribution is -2.14. The van der Waals surface area contributed by atoms with Crippen LogP contribution in [-0.4, -0.2) is 38.1 Å². The minimum atomic E-state index is -0.361. The molecule has 0 fully saturated rings. The molecule has 31 heavy (non-hydrogen) atoms. The number of nitrogens with zero attached hydrogens (tertiary/aromatic N) is 4. The molecule has 2 aromatic heterocycles. The van der Waals surface area contributed by atoms with Gasteiger partial charge in [-0.2, -0.15) is 9.61 Å². The van der Waals surface area contributed by atoms with Crippen LogP contribution in [-0.2, 0) is 4.79 Å². The number of ether oxygens (including phenoxy) is 1. The number of rotatable bonds is 7. The van der Waals surface area contributed by atoms with E-state index in [2.05, 4.69) is 20.6 Å². The molecule has 0 saturated heterocycles. The van der Waals surface area contributed by atoms with Gasteiger partial charge in [0.25, 0.3) is 0 Å². The van der Waals surface area contributed by atoms with Gasteiger partial charge in [0.2, 0.25) is 11.1 Å². The number of aryl methyl sites for hydroxylation is 1. The lowest BCUT2D eigenvalue weighted by Gasteiger charge is -2.07. The van der Waals surface area contributed by atoms with Gasteiger partial charge < -0.3 is 10.1 Å². The van der Waals surface area contributed by atoms with Crippen molar-refractivity contribution in [2.45, 2.75) is 19.0 Å². The Morgan fingerprint density at radius 1 is 1.13 bits per heavy atom. The van der Waals surface area contributed by atoms with Crippen molar-refractivity contribution in [3.63, 3.8) is 0 Å². The molecule has 0 aliphatic carbocycles. The molecule has 1 N–H and O–H groups in total. The van der Waals surface area contributed by atoms with Gasteiger partial charge in [-0.1, -0.05) is 17.8 Å². The van der Waals surface area contributed by atoms with E-state index < -0.39 is 0 Å². The molecule has 7 nitrogen and oxygen atoms in total. The average Bonchev–Trinajstić information content (AvgIpc) is 3.18. The van der Waals surface area contributed by atoms with Crippen LogP contribution in [0.25, 0.3) is 16.9 Å². The maximum absolute atomic E-state index is 13.7. The zero-order valence-electron chi connectivity index (χ0n) is 17.0. The maximum Gasteiger partial charge on any atom is 0.234 e. The fraction of sp³-hybridized carbons (Fsp3) is 0.182. The topological polar surface area (TPSA) is 81.4 Å². The maximum atomic E-state index is 13.7.